The molecule has 8 heteroatoms. The van der Waals surface area contributed by atoms with Crippen LogP contribution in [-0.2, 0) is 14.9 Å². The highest BCUT2D eigenvalue weighted by molar-refractivity contribution is 7.88. The van der Waals surface area contributed by atoms with Gasteiger partial charge in [-0.15, -0.1) is 0 Å². The van der Waals surface area contributed by atoms with E-state index in [1.54, 1.807) is 18.6 Å². The lowest BCUT2D eigenvalue weighted by atomic mass is 9.83. The quantitative estimate of drug-likeness (QED) is 0.611. The van der Waals surface area contributed by atoms with E-state index in [0.717, 1.165) is 12.8 Å². The van der Waals surface area contributed by atoms with Crippen LogP contribution >= 0.6 is 0 Å². The molecule has 0 aliphatic carbocycles. The Kier molecular flexibility index (Phi) is 7.32. The molecule has 0 aromatic rings. The van der Waals surface area contributed by atoms with Crippen LogP contribution in [0, 0.1) is 5.41 Å². The highest BCUT2D eigenvalue weighted by Crippen LogP contribution is 2.23. The minimum atomic E-state index is -3.92. The van der Waals surface area contributed by atoms with Crippen LogP contribution in [0.4, 0.5) is 4.79 Å². The summed E-state index contributed by atoms with van der Waals surface area (Å²) in [6.45, 7) is 7.72. The van der Waals surface area contributed by atoms with Gasteiger partial charge in [-0.25, -0.2) is 9.52 Å². The first kappa shape index (κ1) is 18.1. The maximum atomic E-state index is 11.7. The number of amides is 1. The Balaban J connectivity index is 4.50. The van der Waals surface area contributed by atoms with Crippen molar-refractivity contribution < 1.29 is 17.9 Å². The molecule has 0 saturated heterocycles. The summed E-state index contributed by atoms with van der Waals surface area (Å²) in [6, 6.07) is 0. The molecule has 0 aliphatic rings. The van der Waals surface area contributed by atoms with Crippen molar-refractivity contribution in [3.05, 3.63) is 0 Å². The topological polar surface area (TPSA) is 111 Å². The number of ether oxygens (including phenoxy) is 1. The molecule has 0 aromatic heterocycles. The molecule has 19 heavy (non-hydrogen) atoms. The SMILES string of the molecule is CCC(CC)(CN)CNS(=O)(=O)NC(=O)OC(C)C. The Morgan fingerprint density at radius 1 is 1.32 bits per heavy atom. The van der Waals surface area contributed by atoms with E-state index < -0.39 is 16.3 Å². The van der Waals surface area contributed by atoms with Gasteiger partial charge < -0.3 is 10.5 Å². The number of hydrogen-bond donors (Lipinski definition) is 3. The van der Waals surface area contributed by atoms with Gasteiger partial charge >= 0.3 is 16.3 Å². The van der Waals surface area contributed by atoms with Gasteiger partial charge in [0.1, 0.15) is 0 Å². The molecule has 0 aliphatic heterocycles. The van der Waals surface area contributed by atoms with Crippen molar-refractivity contribution in [2.24, 2.45) is 11.1 Å². The average molecular weight is 295 g/mol. The lowest BCUT2D eigenvalue weighted by molar-refractivity contribution is 0.121. The van der Waals surface area contributed by atoms with Crippen molar-refractivity contribution >= 4 is 16.3 Å². The Labute approximate surface area is 115 Å². The maximum Gasteiger partial charge on any atom is 0.422 e. The Bertz CT molecular complexity index is 369. The van der Waals surface area contributed by atoms with E-state index in [2.05, 4.69) is 4.72 Å². The molecule has 0 spiro atoms. The zero-order chi connectivity index (χ0) is 15.1. The summed E-state index contributed by atoms with van der Waals surface area (Å²) in [6.07, 6.45) is 0.122. The average Bonchev–Trinajstić information content (AvgIpc) is 2.29. The van der Waals surface area contributed by atoms with E-state index in [-0.39, 0.29) is 18.1 Å². The summed E-state index contributed by atoms with van der Waals surface area (Å²) in [5.74, 6) is 0. The van der Waals surface area contributed by atoms with E-state index in [9.17, 15) is 13.2 Å². The Hall–Kier alpha value is -0.860. The number of rotatable bonds is 8. The molecule has 0 atom stereocenters. The first-order valence-electron chi connectivity index (χ1n) is 6.38. The predicted octanol–water partition coefficient (Wildman–Crippen LogP) is 0.721. The second kappa shape index (κ2) is 7.66. The standard InChI is InChI=1S/C11H25N3O4S/c1-5-11(6-2,7-12)8-13-19(16,17)14-10(15)18-9(3)4/h9,13H,5-8,12H2,1-4H3,(H,14,15). The van der Waals surface area contributed by atoms with Gasteiger partial charge in [-0.2, -0.15) is 13.1 Å². The van der Waals surface area contributed by atoms with E-state index >= 15 is 0 Å². The molecule has 4 N–H and O–H groups in total. The third kappa shape index (κ3) is 6.74. The monoisotopic (exact) mass is 295 g/mol. The van der Waals surface area contributed by atoms with Crippen LogP contribution in [0.3, 0.4) is 0 Å². The van der Waals surface area contributed by atoms with Crippen LogP contribution in [0.5, 0.6) is 0 Å². The van der Waals surface area contributed by atoms with Gasteiger partial charge in [0.15, 0.2) is 0 Å². The van der Waals surface area contributed by atoms with Crippen molar-refractivity contribution in [2.45, 2.75) is 46.6 Å². The molecule has 1 amide bonds. The molecule has 0 aromatic carbocycles. The van der Waals surface area contributed by atoms with E-state index in [0.29, 0.717) is 6.54 Å². The predicted molar refractivity (Wildman–Crippen MR) is 73.7 cm³/mol. The van der Waals surface area contributed by atoms with Gasteiger partial charge in [0, 0.05) is 6.54 Å². The third-order valence-electron chi connectivity index (χ3n) is 3.13. The lowest BCUT2D eigenvalue weighted by Crippen LogP contribution is -2.47. The van der Waals surface area contributed by atoms with Gasteiger partial charge in [0.2, 0.25) is 0 Å². The second-order valence-corrected chi connectivity index (χ2v) is 6.29. The first-order chi connectivity index (χ1) is 8.70. The zero-order valence-corrected chi connectivity index (χ0v) is 12.8. The molecule has 0 radical (unpaired) electrons. The number of carbonyl (C=O) groups excluding carboxylic acids is 1. The van der Waals surface area contributed by atoms with Crippen molar-refractivity contribution in [2.75, 3.05) is 13.1 Å². The smallest absolute Gasteiger partial charge is 0.422 e. The largest absolute Gasteiger partial charge is 0.446 e. The fourth-order valence-electron chi connectivity index (χ4n) is 1.49. The van der Waals surface area contributed by atoms with Gasteiger partial charge in [0.05, 0.1) is 6.10 Å². The van der Waals surface area contributed by atoms with E-state index in [1.807, 2.05) is 13.8 Å². The van der Waals surface area contributed by atoms with Gasteiger partial charge in [-0.3, -0.25) is 0 Å². The highest BCUT2D eigenvalue weighted by Gasteiger charge is 2.27. The van der Waals surface area contributed by atoms with Crippen molar-refractivity contribution in [1.82, 2.24) is 9.44 Å². The molecule has 0 fully saturated rings. The summed E-state index contributed by atoms with van der Waals surface area (Å²) in [7, 11) is -3.92. The Morgan fingerprint density at radius 2 is 1.84 bits per heavy atom. The van der Waals surface area contributed by atoms with Gasteiger partial charge in [0.25, 0.3) is 0 Å². The normalized spacial score (nSPS) is 12.5. The molecule has 0 unspecified atom stereocenters. The van der Waals surface area contributed by atoms with Gasteiger partial charge in [-0.05, 0) is 38.6 Å². The molecule has 0 rings (SSSR count). The minimum absolute atomic E-state index is 0.181. The Morgan fingerprint density at radius 3 is 2.21 bits per heavy atom. The number of nitrogens with one attached hydrogen (secondary N) is 2. The van der Waals surface area contributed by atoms with E-state index in [4.69, 9.17) is 10.5 Å². The number of hydrogen-bond acceptors (Lipinski definition) is 5. The molecule has 0 saturated carbocycles. The number of carbonyl (C=O) groups is 1. The molecule has 7 nitrogen and oxygen atoms in total. The highest BCUT2D eigenvalue weighted by atomic mass is 32.2. The lowest BCUT2D eigenvalue weighted by Gasteiger charge is -2.30. The second-order valence-electron chi connectivity index (χ2n) is 4.79. The zero-order valence-electron chi connectivity index (χ0n) is 12.0. The molecular formula is C11H25N3O4S. The van der Waals surface area contributed by atoms with Crippen LogP contribution in [0.25, 0.3) is 0 Å². The fraction of sp³-hybridized carbons (Fsp3) is 0.909. The van der Waals surface area contributed by atoms with E-state index in [1.165, 1.54) is 0 Å². The fourth-order valence-corrected chi connectivity index (χ4v) is 2.33. The first-order valence-corrected chi connectivity index (χ1v) is 7.86. The summed E-state index contributed by atoms with van der Waals surface area (Å²) in [5.41, 5.74) is 5.38. The van der Waals surface area contributed by atoms with Crippen molar-refractivity contribution in [3.8, 4) is 0 Å². The third-order valence-corrected chi connectivity index (χ3v) is 4.09. The minimum Gasteiger partial charge on any atom is -0.446 e. The molecule has 114 valence electrons. The summed E-state index contributed by atoms with van der Waals surface area (Å²) in [5, 5.41) is 0. The van der Waals surface area contributed by atoms with Crippen LogP contribution < -0.4 is 15.2 Å². The van der Waals surface area contributed by atoms with Crippen molar-refractivity contribution in [3.63, 3.8) is 0 Å². The van der Waals surface area contributed by atoms with Crippen LogP contribution in [0.15, 0.2) is 0 Å². The van der Waals surface area contributed by atoms with Crippen LogP contribution in [-0.4, -0.2) is 33.7 Å². The van der Waals surface area contributed by atoms with Crippen LogP contribution in [0.2, 0.25) is 0 Å². The number of nitrogens with two attached hydrogens (primary N) is 1. The van der Waals surface area contributed by atoms with Crippen molar-refractivity contribution in [1.29, 1.82) is 0 Å². The van der Waals surface area contributed by atoms with Crippen LogP contribution in [0.1, 0.15) is 40.5 Å². The molecule has 0 heterocycles. The summed E-state index contributed by atoms with van der Waals surface area (Å²) >= 11 is 0. The molecule has 0 bridgehead atoms. The summed E-state index contributed by atoms with van der Waals surface area (Å²) in [4.78, 5) is 11.2. The van der Waals surface area contributed by atoms with Gasteiger partial charge in [-0.1, -0.05) is 13.8 Å². The molecular weight excluding hydrogens is 270 g/mol. The maximum absolute atomic E-state index is 11.7. The summed E-state index contributed by atoms with van der Waals surface area (Å²) < 4.78 is 32.1.